The Hall–Kier alpha value is -7.68. The van der Waals surface area contributed by atoms with Crippen molar-refractivity contribution in [3.05, 3.63) is 230 Å². The Kier molecular flexibility index (Phi) is 22.3. The standard InChI is InChI=1S/C20H18F3NO.C14H10F3N.C8H14O.C7H3F3O.C7H9N/c1-11-6-4-5-7-17(11)24-10-12(2)20(25)13(3)19(24)18-15(22)8-14(21)9-16(18)23;1-9-4-2-3-5-14(9)18-8-11-12(16)6-10(15)7-13(11)17;1-5-7(2)8(3)6-9-4;8-4-1-6(9)5(3-11)7(10)2-4;1-6-4-2-3-5-7(6)8/h4-10,13,19H,1-3H3;2-8H,1H3;5-6H,1-4H3;1-3H;2-5H,8H2,1H3/b;;7-5+,8-6+;;. The molecule has 15 heteroatoms. The zero-order valence-corrected chi connectivity index (χ0v) is 40.5. The Morgan fingerprint density at radius 2 is 1.08 bits per heavy atom. The van der Waals surface area contributed by atoms with Gasteiger partial charge in [-0.1, -0.05) is 67.6 Å². The number of aliphatic imine (C=N–C) groups is 1. The minimum atomic E-state index is -1.18. The SMILES string of the molecule is C/C=C(C)/C(C)=C/OC.CC1=CN(c2ccccc2C)C(c2c(F)cc(F)cc2F)C(C)C1=O.Cc1ccccc1N.Cc1ccccc1N=Cc1c(F)cc(F)cc1F.O=Cc1c(F)cc(F)cc1F. The third-order valence-electron chi connectivity index (χ3n) is 10.8. The van der Waals surface area contributed by atoms with Gasteiger partial charge in [-0.2, -0.15) is 0 Å². The predicted molar refractivity (Wildman–Crippen MR) is 263 cm³/mol. The molecular formula is C56H54F9N3O3. The van der Waals surface area contributed by atoms with Gasteiger partial charge in [0.2, 0.25) is 0 Å². The summed E-state index contributed by atoms with van der Waals surface area (Å²) in [6.45, 7) is 15.1. The van der Waals surface area contributed by atoms with Crippen molar-refractivity contribution in [3.63, 3.8) is 0 Å². The summed E-state index contributed by atoms with van der Waals surface area (Å²) >= 11 is 0. The van der Waals surface area contributed by atoms with Gasteiger partial charge < -0.3 is 15.4 Å². The molecule has 0 bridgehead atoms. The Morgan fingerprint density at radius 3 is 1.52 bits per heavy atom. The van der Waals surface area contributed by atoms with Gasteiger partial charge >= 0.3 is 0 Å². The highest BCUT2D eigenvalue weighted by Gasteiger charge is 2.39. The summed E-state index contributed by atoms with van der Waals surface area (Å²) in [5.41, 5.74) is 12.2. The van der Waals surface area contributed by atoms with Gasteiger partial charge in [0.15, 0.2) is 12.1 Å². The summed E-state index contributed by atoms with van der Waals surface area (Å²) in [6.07, 6.45) is 6.48. The number of aryl methyl sites for hydroxylation is 3. The number of methoxy groups -OCH3 is 1. The highest BCUT2D eigenvalue weighted by atomic mass is 19.2. The monoisotopic (exact) mass is 987 g/mol. The second-order valence-corrected chi connectivity index (χ2v) is 16.0. The van der Waals surface area contributed by atoms with E-state index in [4.69, 9.17) is 10.5 Å². The molecule has 2 unspecified atom stereocenters. The van der Waals surface area contributed by atoms with E-state index >= 15 is 0 Å². The van der Waals surface area contributed by atoms with Crippen molar-refractivity contribution in [2.24, 2.45) is 10.9 Å². The number of carbonyl (C=O) groups excluding carboxylic acids is 2. The molecule has 1 aliphatic heterocycles. The van der Waals surface area contributed by atoms with E-state index < -0.39 is 69.9 Å². The smallest absolute Gasteiger partial charge is 0.165 e. The quantitative estimate of drug-likeness (QED) is 0.0430. The Labute approximate surface area is 408 Å². The number of hydrogen-bond acceptors (Lipinski definition) is 6. The summed E-state index contributed by atoms with van der Waals surface area (Å²) < 4.78 is 123. The van der Waals surface area contributed by atoms with E-state index in [9.17, 15) is 49.1 Å². The number of Topliss-reactive ketones (excluding diaryl/α,β-unsaturated/α-hetero) is 1. The highest BCUT2D eigenvalue weighted by molar-refractivity contribution is 5.99. The van der Waals surface area contributed by atoms with Crippen LogP contribution in [0.4, 0.5) is 56.6 Å². The summed E-state index contributed by atoms with van der Waals surface area (Å²) in [6, 6.07) is 24.9. The number of para-hydroxylation sites is 3. The zero-order chi connectivity index (χ0) is 53.1. The first-order valence-corrected chi connectivity index (χ1v) is 21.8. The van der Waals surface area contributed by atoms with E-state index in [1.807, 2.05) is 95.3 Å². The van der Waals surface area contributed by atoms with Crippen LogP contribution in [0.3, 0.4) is 0 Å². The number of nitrogens with zero attached hydrogens (tertiary/aromatic N) is 2. The molecule has 6 aromatic carbocycles. The lowest BCUT2D eigenvalue weighted by atomic mass is 9.83. The Balaban J connectivity index is 0.000000253. The lowest BCUT2D eigenvalue weighted by Gasteiger charge is -2.39. The van der Waals surface area contributed by atoms with E-state index in [-0.39, 0.29) is 23.2 Å². The van der Waals surface area contributed by atoms with Crippen molar-refractivity contribution in [1.82, 2.24) is 0 Å². The normalized spacial score (nSPS) is 14.4. The van der Waals surface area contributed by atoms with Gasteiger partial charge in [-0.25, -0.2) is 39.5 Å². The first-order chi connectivity index (χ1) is 33.6. The number of nitrogen functional groups attached to an aromatic ring is 1. The van der Waals surface area contributed by atoms with Crippen molar-refractivity contribution >= 4 is 35.3 Å². The number of allylic oxidation sites excluding steroid dienone is 4. The lowest BCUT2D eigenvalue weighted by Crippen LogP contribution is -2.39. The minimum Gasteiger partial charge on any atom is -0.504 e. The second kappa shape index (κ2) is 27.5. The summed E-state index contributed by atoms with van der Waals surface area (Å²) in [4.78, 5) is 28.1. The molecule has 2 N–H and O–H groups in total. The zero-order valence-electron chi connectivity index (χ0n) is 40.5. The number of anilines is 2. The van der Waals surface area contributed by atoms with E-state index in [2.05, 4.69) is 18.0 Å². The third-order valence-corrected chi connectivity index (χ3v) is 10.8. The molecule has 6 nitrogen and oxygen atoms in total. The number of aldehydes is 1. The van der Waals surface area contributed by atoms with Gasteiger partial charge in [0.05, 0.1) is 36.2 Å². The lowest BCUT2D eigenvalue weighted by molar-refractivity contribution is -0.119. The molecule has 0 saturated carbocycles. The number of nitrogens with two attached hydrogens (primary N) is 1. The molecule has 1 aliphatic rings. The highest BCUT2D eigenvalue weighted by Crippen LogP contribution is 2.42. The average Bonchev–Trinajstić information content (AvgIpc) is 3.30. The van der Waals surface area contributed by atoms with Crippen LogP contribution in [0.15, 0.2) is 149 Å². The molecule has 0 fully saturated rings. The number of hydrogen-bond donors (Lipinski definition) is 1. The minimum absolute atomic E-state index is 0.00407. The van der Waals surface area contributed by atoms with Gasteiger partial charge in [0, 0.05) is 77.2 Å². The van der Waals surface area contributed by atoms with Crippen LogP contribution >= 0.6 is 0 Å². The van der Waals surface area contributed by atoms with E-state index in [1.54, 1.807) is 50.5 Å². The van der Waals surface area contributed by atoms with Gasteiger partial charge in [0.1, 0.15) is 52.4 Å². The maximum atomic E-state index is 14.4. The number of ether oxygens (including phenoxy) is 1. The largest absolute Gasteiger partial charge is 0.504 e. The fraction of sp³-hybridized carbons (Fsp3) is 0.196. The van der Waals surface area contributed by atoms with Crippen molar-refractivity contribution < 1.29 is 53.8 Å². The molecule has 0 aromatic heterocycles. The van der Waals surface area contributed by atoms with Crippen LogP contribution < -0.4 is 10.6 Å². The average molecular weight is 988 g/mol. The van der Waals surface area contributed by atoms with Gasteiger partial charge in [-0.05, 0) is 94.5 Å². The van der Waals surface area contributed by atoms with Gasteiger partial charge in [-0.3, -0.25) is 14.6 Å². The Bertz CT molecular complexity index is 2840. The van der Waals surface area contributed by atoms with E-state index in [0.29, 0.717) is 47.7 Å². The fourth-order valence-electron chi connectivity index (χ4n) is 6.66. The van der Waals surface area contributed by atoms with E-state index in [0.717, 1.165) is 34.3 Å². The second-order valence-electron chi connectivity index (χ2n) is 16.0. The number of carbonyl (C=O) groups is 2. The maximum absolute atomic E-state index is 14.4. The summed E-state index contributed by atoms with van der Waals surface area (Å²) in [5, 5.41) is 0. The number of ketones is 1. The van der Waals surface area contributed by atoms with E-state index in [1.165, 1.54) is 11.1 Å². The molecule has 71 heavy (non-hydrogen) atoms. The molecule has 0 radical (unpaired) electrons. The number of benzene rings is 6. The van der Waals surface area contributed by atoms with Crippen molar-refractivity contribution in [2.75, 3.05) is 17.7 Å². The van der Waals surface area contributed by atoms with Crippen LogP contribution in [0.25, 0.3) is 0 Å². The molecule has 0 aliphatic carbocycles. The summed E-state index contributed by atoms with van der Waals surface area (Å²) in [7, 11) is 1.66. The van der Waals surface area contributed by atoms with Crippen LogP contribution in [0.1, 0.15) is 78.8 Å². The molecule has 1 heterocycles. The Morgan fingerprint density at radius 1 is 0.634 bits per heavy atom. The molecule has 0 saturated heterocycles. The van der Waals surface area contributed by atoms with Crippen LogP contribution in [-0.4, -0.2) is 25.4 Å². The number of rotatable bonds is 7. The van der Waals surface area contributed by atoms with Crippen molar-refractivity contribution in [3.8, 4) is 0 Å². The first kappa shape index (κ1) is 57.6. The number of halogens is 9. The van der Waals surface area contributed by atoms with Crippen LogP contribution in [0.5, 0.6) is 0 Å². The van der Waals surface area contributed by atoms with Crippen LogP contribution in [0, 0.1) is 79.0 Å². The van der Waals surface area contributed by atoms with Crippen LogP contribution in [0.2, 0.25) is 0 Å². The third kappa shape index (κ3) is 16.5. The fourth-order valence-corrected chi connectivity index (χ4v) is 6.66. The van der Waals surface area contributed by atoms with Gasteiger partial charge in [0.25, 0.3) is 0 Å². The molecule has 374 valence electrons. The first-order valence-electron chi connectivity index (χ1n) is 21.8. The molecule has 0 amide bonds. The molecular weight excluding hydrogens is 934 g/mol. The molecule has 6 aromatic rings. The molecule has 2 atom stereocenters. The topological polar surface area (TPSA) is 85.0 Å². The maximum Gasteiger partial charge on any atom is 0.165 e. The van der Waals surface area contributed by atoms with Gasteiger partial charge in [-0.15, -0.1) is 0 Å². The molecule has 7 rings (SSSR count). The van der Waals surface area contributed by atoms with Crippen LogP contribution in [-0.2, 0) is 9.53 Å². The van der Waals surface area contributed by atoms with Crippen molar-refractivity contribution in [2.45, 2.75) is 61.4 Å². The molecule has 0 spiro atoms. The van der Waals surface area contributed by atoms with Crippen molar-refractivity contribution in [1.29, 1.82) is 0 Å². The summed E-state index contributed by atoms with van der Waals surface area (Å²) in [5.74, 6) is -10.1. The predicted octanol–water partition coefficient (Wildman–Crippen LogP) is 15.2.